The minimum Gasteiger partial charge on any atom is -0.350 e. The molecule has 1 aromatic carbocycles. The third kappa shape index (κ3) is 5.23. The van der Waals surface area contributed by atoms with E-state index in [4.69, 9.17) is 0 Å². The van der Waals surface area contributed by atoms with Crippen molar-refractivity contribution in [3.05, 3.63) is 35.4 Å². The third-order valence-corrected chi connectivity index (χ3v) is 5.25. The molecule has 2 amide bonds. The lowest BCUT2D eigenvalue weighted by Crippen LogP contribution is -2.50. The maximum atomic E-state index is 14.0. The first kappa shape index (κ1) is 21.5. The quantitative estimate of drug-likeness (QED) is 0.738. The van der Waals surface area contributed by atoms with Crippen molar-refractivity contribution in [1.82, 2.24) is 15.5 Å². The average molecular weight is 419 g/mol. The highest BCUT2D eigenvalue weighted by Crippen LogP contribution is 2.34. The van der Waals surface area contributed by atoms with Crippen LogP contribution in [0.2, 0.25) is 0 Å². The lowest BCUT2D eigenvalue weighted by Gasteiger charge is -2.30. The monoisotopic (exact) mass is 419 g/mol. The van der Waals surface area contributed by atoms with Gasteiger partial charge in [-0.1, -0.05) is 12.1 Å². The summed E-state index contributed by atoms with van der Waals surface area (Å²) in [7, 11) is 0. The van der Waals surface area contributed by atoms with Gasteiger partial charge in [0.05, 0.1) is 18.0 Å². The summed E-state index contributed by atoms with van der Waals surface area (Å²) < 4.78 is 65.7. The number of hydrogen-bond acceptors (Lipinski definition) is 3. The molecular weight excluding hydrogens is 397 g/mol. The second-order valence-electron chi connectivity index (χ2n) is 7.50. The van der Waals surface area contributed by atoms with Crippen molar-refractivity contribution in [2.45, 2.75) is 43.9 Å². The average Bonchev–Trinajstić information content (AvgIpc) is 3.01. The lowest BCUT2D eigenvalue weighted by atomic mass is 9.97. The molecule has 3 rings (SSSR count). The van der Waals surface area contributed by atoms with Gasteiger partial charge in [0.1, 0.15) is 6.04 Å². The molecule has 2 aliphatic heterocycles. The Morgan fingerprint density at radius 3 is 2.48 bits per heavy atom. The van der Waals surface area contributed by atoms with Crippen LogP contribution in [-0.4, -0.2) is 48.3 Å². The van der Waals surface area contributed by atoms with Crippen molar-refractivity contribution in [2.24, 2.45) is 5.92 Å². The Kier molecular flexibility index (Phi) is 6.11. The Morgan fingerprint density at radius 2 is 1.90 bits per heavy atom. The maximum Gasteiger partial charge on any atom is 0.416 e. The van der Waals surface area contributed by atoms with Gasteiger partial charge >= 0.3 is 6.18 Å². The fraction of sp³-hybridized carbons (Fsp3) is 0.579. The van der Waals surface area contributed by atoms with E-state index in [1.54, 1.807) is 0 Å². The normalized spacial score (nSPS) is 24.4. The molecule has 29 heavy (non-hydrogen) atoms. The van der Waals surface area contributed by atoms with Gasteiger partial charge in [-0.05, 0) is 37.1 Å². The van der Waals surface area contributed by atoms with Crippen molar-refractivity contribution in [2.75, 3.05) is 19.6 Å². The van der Waals surface area contributed by atoms with Crippen LogP contribution in [0.5, 0.6) is 0 Å². The molecule has 0 aliphatic carbocycles. The van der Waals surface area contributed by atoms with Gasteiger partial charge in [-0.15, -0.1) is 0 Å². The number of benzene rings is 1. The molecule has 0 saturated carbocycles. The van der Waals surface area contributed by atoms with E-state index in [9.17, 15) is 31.5 Å². The number of rotatable bonds is 4. The van der Waals surface area contributed by atoms with Crippen molar-refractivity contribution in [3.8, 4) is 0 Å². The number of carbonyl (C=O) groups excluding carboxylic acids is 2. The van der Waals surface area contributed by atoms with Crippen LogP contribution in [-0.2, 0) is 22.3 Å². The second-order valence-corrected chi connectivity index (χ2v) is 7.50. The van der Waals surface area contributed by atoms with Gasteiger partial charge in [-0.2, -0.15) is 13.2 Å². The maximum absolute atomic E-state index is 14.0. The van der Waals surface area contributed by atoms with E-state index in [-0.39, 0.29) is 6.54 Å². The second kappa shape index (κ2) is 8.25. The summed E-state index contributed by atoms with van der Waals surface area (Å²) >= 11 is 0. The molecule has 0 bridgehead atoms. The molecule has 2 N–H and O–H groups in total. The number of nitrogens with zero attached hydrogens (tertiary/aromatic N) is 1. The Morgan fingerprint density at radius 1 is 1.21 bits per heavy atom. The fourth-order valence-corrected chi connectivity index (χ4v) is 3.70. The number of piperidine rings is 1. The highest BCUT2D eigenvalue weighted by atomic mass is 19.4. The summed E-state index contributed by atoms with van der Waals surface area (Å²) in [4.78, 5) is 26.1. The number of likely N-dealkylation sites (tertiary alicyclic amines) is 1. The molecule has 0 radical (unpaired) electrons. The van der Waals surface area contributed by atoms with Gasteiger partial charge in [0.2, 0.25) is 11.8 Å². The third-order valence-electron chi connectivity index (χ3n) is 5.25. The number of alkyl halides is 5. The molecular formula is C19H22F5N3O2. The summed E-state index contributed by atoms with van der Waals surface area (Å²) in [5.41, 5.74) is -0.425. The number of carbonyl (C=O) groups is 2. The van der Waals surface area contributed by atoms with Crippen LogP contribution in [0, 0.1) is 5.92 Å². The first-order chi connectivity index (χ1) is 13.6. The van der Waals surface area contributed by atoms with Gasteiger partial charge in [0.15, 0.2) is 0 Å². The van der Waals surface area contributed by atoms with Crippen LogP contribution in [0.3, 0.4) is 0 Å². The number of halogens is 5. The van der Waals surface area contributed by atoms with Gasteiger partial charge in [0.25, 0.3) is 5.92 Å². The van der Waals surface area contributed by atoms with E-state index < -0.39 is 54.4 Å². The molecule has 10 heteroatoms. The topological polar surface area (TPSA) is 61.4 Å². The largest absolute Gasteiger partial charge is 0.416 e. The Labute approximate surface area is 164 Å². The van der Waals surface area contributed by atoms with E-state index in [1.165, 1.54) is 12.1 Å². The number of amides is 2. The molecule has 2 aliphatic rings. The molecule has 0 unspecified atom stereocenters. The molecule has 2 atom stereocenters. The predicted octanol–water partition coefficient (Wildman–Crippen LogP) is 2.56. The zero-order chi connectivity index (χ0) is 21.2. The highest BCUT2D eigenvalue weighted by molar-refractivity contribution is 5.89. The van der Waals surface area contributed by atoms with Crippen molar-refractivity contribution in [1.29, 1.82) is 0 Å². The van der Waals surface area contributed by atoms with Crippen LogP contribution >= 0.6 is 0 Å². The van der Waals surface area contributed by atoms with Gasteiger partial charge in [-0.25, -0.2) is 8.78 Å². The van der Waals surface area contributed by atoms with Crippen LogP contribution in [0.25, 0.3) is 0 Å². The smallest absolute Gasteiger partial charge is 0.350 e. The van der Waals surface area contributed by atoms with Crippen molar-refractivity contribution in [3.63, 3.8) is 0 Å². The van der Waals surface area contributed by atoms with Crippen molar-refractivity contribution < 1.29 is 31.5 Å². The summed E-state index contributed by atoms with van der Waals surface area (Å²) in [6, 6.07) is 2.90. The Balaban J connectivity index is 1.63. The number of nitrogens with one attached hydrogen (secondary N) is 2. The minimum atomic E-state index is -4.47. The number of hydrogen-bond donors (Lipinski definition) is 2. The van der Waals surface area contributed by atoms with Crippen molar-refractivity contribution >= 4 is 11.8 Å². The van der Waals surface area contributed by atoms with Crippen LogP contribution in [0.15, 0.2) is 24.3 Å². The molecule has 5 nitrogen and oxygen atoms in total. The Hall–Kier alpha value is -2.23. The Bertz CT molecular complexity index is 745. The molecule has 160 valence electrons. The van der Waals surface area contributed by atoms with Gasteiger partial charge < -0.3 is 15.5 Å². The fourth-order valence-electron chi connectivity index (χ4n) is 3.70. The molecule has 0 aromatic heterocycles. The van der Waals surface area contributed by atoms with E-state index in [1.807, 2.05) is 0 Å². The van der Waals surface area contributed by atoms with Crippen LogP contribution in [0.1, 0.15) is 30.4 Å². The van der Waals surface area contributed by atoms with Gasteiger partial charge in [0, 0.05) is 19.5 Å². The molecule has 0 spiro atoms. The first-order valence-corrected chi connectivity index (χ1v) is 9.40. The molecule has 2 fully saturated rings. The summed E-state index contributed by atoms with van der Waals surface area (Å²) in [5.74, 6) is -4.81. The predicted molar refractivity (Wildman–Crippen MR) is 93.9 cm³/mol. The SMILES string of the molecule is O=C(NCc1ccc(C(F)(F)F)cc1)[C@H]1CC(F)(F)CN1C(=O)[C@H]1CCCNC1. The van der Waals surface area contributed by atoms with E-state index in [0.717, 1.165) is 30.0 Å². The lowest BCUT2D eigenvalue weighted by molar-refractivity contribution is -0.142. The summed E-state index contributed by atoms with van der Waals surface area (Å²) in [6.45, 7) is 0.227. The zero-order valence-electron chi connectivity index (χ0n) is 15.6. The standard InChI is InChI=1S/C19H22F5N3O2/c20-18(21)8-15(27(11-18)17(29)13-2-1-7-25-10-13)16(28)26-9-12-3-5-14(6-4-12)19(22,23)24/h3-6,13,15,25H,1-2,7-11H2,(H,26,28)/t13-,15+/m0/s1. The van der Waals surface area contributed by atoms with E-state index in [0.29, 0.717) is 18.5 Å². The molecule has 1 aromatic rings. The van der Waals surface area contributed by atoms with Gasteiger partial charge in [-0.3, -0.25) is 9.59 Å². The van der Waals surface area contributed by atoms with Crippen LogP contribution in [0.4, 0.5) is 22.0 Å². The molecule has 2 saturated heterocycles. The molecule has 2 heterocycles. The first-order valence-electron chi connectivity index (χ1n) is 9.40. The van der Waals surface area contributed by atoms with E-state index in [2.05, 4.69) is 10.6 Å². The van der Waals surface area contributed by atoms with Crippen LogP contribution < -0.4 is 10.6 Å². The minimum absolute atomic E-state index is 0.119. The summed E-state index contributed by atoms with van der Waals surface area (Å²) in [6.07, 6.45) is -3.90. The summed E-state index contributed by atoms with van der Waals surface area (Å²) in [5, 5.41) is 5.51. The zero-order valence-corrected chi connectivity index (χ0v) is 15.6. The highest BCUT2D eigenvalue weighted by Gasteiger charge is 2.50. The van der Waals surface area contributed by atoms with E-state index >= 15 is 0 Å².